The summed E-state index contributed by atoms with van der Waals surface area (Å²) in [7, 11) is 0. The summed E-state index contributed by atoms with van der Waals surface area (Å²) < 4.78 is 8.14. The third-order valence-corrected chi connectivity index (χ3v) is 6.56. The minimum Gasteiger partial charge on any atom is -0.492 e. The van der Waals surface area contributed by atoms with Gasteiger partial charge in [0.1, 0.15) is 23.6 Å². The number of nitrogens with zero attached hydrogens (tertiary/aromatic N) is 5. The maximum absolute atomic E-state index is 13.4. The summed E-state index contributed by atoms with van der Waals surface area (Å²) in [6, 6.07) is 15.4. The number of hydrogen-bond acceptors (Lipinski definition) is 6. The van der Waals surface area contributed by atoms with Crippen molar-refractivity contribution in [2.45, 2.75) is 38.6 Å². The topological polar surface area (TPSA) is 94.8 Å². The van der Waals surface area contributed by atoms with Gasteiger partial charge in [-0.25, -0.2) is 4.98 Å². The van der Waals surface area contributed by atoms with E-state index in [1.165, 1.54) is 12.8 Å². The van der Waals surface area contributed by atoms with Crippen molar-refractivity contribution in [3.05, 3.63) is 72.3 Å². The number of amides is 1. The Balaban J connectivity index is 1.36. The van der Waals surface area contributed by atoms with Crippen LogP contribution in [0.3, 0.4) is 0 Å². The first-order valence-electron chi connectivity index (χ1n) is 12.0. The molecule has 0 spiro atoms. The molecule has 1 aliphatic heterocycles. The molecule has 0 saturated heterocycles. The second-order valence-corrected chi connectivity index (χ2v) is 9.37. The lowest BCUT2D eigenvalue weighted by atomic mass is 10.0. The highest BCUT2D eigenvalue weighted by Crippen LogP contribution is 2.39. The van der Waals surface area contributed by atoms with E-state index in [1.54, 1.807) is 12.4 Å². The van der Waals surface area contributed by atoms with Crippen LogP contribution in [0.1, 0.15) is 48.2 Å². The molecule has 176 valence electrons. The lowest BCUT2D eigenvalue weighted by Gasteiger charge is -2.18. The fourth-order valence-corrected chi connectivity index (χ4v) is 4.31. The number of ether oxygens (including phenoxy) is 1. The number of carbonyl (C=O) groups excluding carboxylic acids is 1. The van der Waals surface area contributed by atoms with Crippen molar-refractivity contribution in [2.24, 2.45) is 5.92 Å². The Morgan fingerprint density at radius 1 is 1.06 bits per heavy atom. The average molecular weight is 467 g/mol. The van der Waals surface area contributed by atoms with Crippen molar-refractivity contribution in [1.29, 1.82) is 0 Å². The Kier molecular flexibility index (Phi) is 5.48. The number of fused-ring (bicyclic) bond motifs is 5. The summed E-state index contributed by atoms with van der Waals surface area (Å²) in [6.45, 7) is 3.38. The van der Waals surface area contributed by atoms with Gasteiger partial charge in [0.15, 0.2) is 5.82 Å². The molecule has 1 aliphatic carbocycles. The zero-order chi connectivity index (χ0) is 23.8. The highest BCUT2D eigenvalue weighted by molar-refractivity contribution is 6.06. The largest absolute Gasteiger partial charge is 0.492 e. The fourth-order valence-electron chi connectivity index (χ4n) is 4.31. The normalized spacial score (nSPS) is 18.0. The van der Waals surface area contributed by atoms with E-state index in [4.69, 9.17) is 4.74 Å². The Morgan fingerprint density at radius 3 is 2.77 bits per heavy atom. The Hall–Kier alpha value is -4.07. The highest BCUT2D eigenvalue weighted by Gasteiger charge is 2.25. The maximum atomic E-state index is 13.4. The molecule has 6 rings (SSSR count). The summed E-state index contributed by atoms with van der Waals surface area (Å²) in [5, 5.41) is 11.2. The molecule has 2 bridgehead atoms. The predicted molar refractivity (Wildman–Crippen MR) is 132 cm³/mol. The number of anilines is 1. The molecule has 8 nitrogen and oxygen atoms in total. The van der Waals surface area contributed by atoms with Crippen LogP contribution < -0.4 is 10.1 Å². The molecule has 0 unspecified atom stereocenters. The highest BCUT2D eigenvalue weighted by atomic mass is 16.5. The van der Waals surface area contributed by atoms with Crippen LogP contribution in [0.4, 0.5) is 5.82 Å². The summed E-state index contributed by atoms with van der Waals surface area (Å²) in [4.78, 5) is 22.7. The molecule has 1 aromatic carbocycles. The molecule has 1 N–H and O–H groups in total. The average Bonchev–Trinajstić information content (AvgIpc) is 3.63. The van der Waals surface area contributed by atoms with Crippen molar-refractivity contribution >= 4 is 11.7 Å². The second kappa shape index (κ2) is 8.94. The van der Waals surface area contributed by atoms with Crippen molar-refractivity contribution in [3.8, 4) is 28.4 Å². The molecule has 1 atom stereocenters. The molecule has 4 aromatic rings. The number of aryl methyl sites for hydroxylation is 1. The smallest absolute Gasteiger partial charge is 0.260 e. The van der Waals surface area contributed by atoms with Crippen LogP contribution in [0.5, 0.6) is 5.75 Å². The minimum atomic E-state index is -0.278. The van der Waals surface area contributed by atoms with E-state index >= 15 is 0 Å². The van der Waals surface area contributed by atoms with E-state index in [0.29, 0.717) is 41.2 Å². The zero-order valence-corrected chi connectivity index (χ0v) is 19.5. The lowest BCUT2D eigenvalue weighted by molar-refractivity contribution is 0.102. The molecule has 8 heteroatoms. The molecule has 1 fully saturated rings. The molecule has 1 amide bonds. The van der Waals surface area contributed by atoms with Gasteiger partial charge in [-0.3, -0.25) is 9.78 Å². The van der Waals surface area contributed by atoms with Crippen LogP contribution in [0.25, 0.3) is 22.6 Å². The first-order valence-corrected chi connectivity index (χ1v) is 12.0. The minimum absolute atomic E-state index is 0.266. The number of pyridine rings is 2. The number of hydrogen-bond donors (Lipinski definition) is 1. The number of benzene rings is 1. The molecular formula is C27H26N6O2. The van der Waals surface area contributed by atoms with Crippen LogP contribution in [0.2, 0.25) is 0 Å². The number of nitrogens with one attached hydrogen (secondary N) is 1. The van der Waals surface area contributed by atoms with E-state index in [0.717, 1.165) is 29.8 Å². The molecule has 2 aliphatic rings. The Labute approximate surface area is 203 Å². The number of carbonyl (C=O) groups is 1. The van der Waals surface area contributed by atoms with Gasteiger partial charge in [-0.1, -0.05) is 25.1 Å². The molecule has 35 heavy (non-hydrogen) atoms. The van der Waals surface area contributed by atoms with Gasteiger partial charge in [0.25, 0.3) is 5.91 Å². The second-order valence-electron chi connectivity index (χ2n) is 9.37. The summed E-state index contributed by atoms with van der Waals surface area (Å²) in [5.41, 5.74) is 4.16. The van der Waals surface area contributed by atoms with Gasteiger partial charge in [-0.15, -0.1) is 10.2 Å². The van der Waals surface area contributed by atoms with Gasteiger partial charge in [-0.2, -0.15) is 0 Å². The summed E-state index contributed by atoms with van der Waals surface area (Å²) in [6.07, 6.45) is 6.91. The van der Waals surface area contributed by atoms with Crippen LogP contribution >= 0.6 is 0 Å². The molecule has 4 heterocycles. The van der Waals surface area contributed by atoms with Crippen molar-refractivity contribution in [3.63, 3.8) is 0 Å². The molecule has 0 radical (unpaired) electrons. The summed E-state index contributed by atoms with van der Waals surface area (Å²) in [5.74, 6) is 2.27. The predicted octanol–water partition coefficient (Wildman–Crippen LogP) is 4.95. The van der Waals surface area contributed by atoms with Crippen LogP contribution in [-0.4, -0.2) is 37.2 Å². The maximum Gasteiger partial charge on any atom is 0.260 e. The van der Waals surface area contributed by atoms with Crippen molar-refractivity contribution in [1.82, 2.24) is 24.7 Å². The first kappa shape index (κ1) is 21.5. The summed E-state index contributed by atoms with van der Waals surface area (Å²) >= 11 is 0. The SMILES string of the molecule is C[C@@H]1CCn2cnnc2-c2cccc(n2)NC(=O)c2cc(-c3ccc(C4CC4)nc3)ccc2OC1. The number of aromatic nitrogens is 5. The van der Waals surface area contributed by atoms with Crippen LogP contribution in [0.15, 0.2) is 61.1 Å². The third kappa shape index (κ3) is 4.51. The Morgan fingerprint density at radius 2 is 1.94 bits per heavy atom. The van der Waals surface area contributed by atoms with E-state index in [9.17, 15) is 4.79 Å². The van der Waals surface area contributed by atoms with Gasteiger partial charge < -0.3 is 14.6 Å². The van der Waals surface area contributed by atoms with E-state index < -0.39 is 0 Å². The quantitative estimate of drug-likeness (QED) is 0.449. The van der Waals surface area contributed by atoms with E-state index in [2.05, 4.69) is 44.5 Å². The molecule has 1 saturated carbocycles. The molecular weight excluding hydrogens is 440 g/mol. The lowest BCUT2D eigenvalue weighted by Crippen LogP contribution is -2.18. The first-order chi connectivity index (χ1) is 17.1. The fraction of sp³-hybridized carbons (Fsp3) is 0.296. The molecule has 3 aromatic heterocycles. The van der Waals surface area contributed by atoms with Gasteiger partial charge in [0.2, 0.25) is 0 Å². The van der Waals surface area contributed by atoms with Gasteiger partial charge in [0, 0.05) is 29.9 Å². The standard InChI is InChI=1S/C27H26N6O2/c1-17-11-12-33-16-29-32-26(33)23-3-2-4-25(30-23)31-27(34)21-13-19(8-10-24(21)35-15-17)20-7-9-22(28-14-20)18-5-6-18/h2-4,7-10,13-14,16-18H,5-6,11-12,15H2,1H3,(H,30,31,34)/t17-/m1/s1. The van der Waals surface area contributed by atoms with Crippen molar-refractivity contribution < 1.29 is 9.53 Å². The van der Waals surface area contributed by atoms with E-state index in [-0.39, 0.29) is 11.8 Å². The van der Waals surface area contributed by atoms with Crippen molar-refractivity contribution in [2.75, 3.05) is 11.9 Å². The van der Waals surface area contributed by atoms with Gasteiger partial charge >= 0.3 is 0 Å². The number of rotatable bonds is 2. The monoisotopic (exact) mass is 466 g/mol. The third-order valence-electron chi connectivity index (χ3n) is 6.56. The van der Waals surface area contributed by atoms with Gasteiger partial charge in [-0.05, 0) is 61.1 Å². The van der Waals surface area contributed by atoms with E-state index in [1.807, 2.05) is 41.1 Å². The van der Waals surface area contributed by atoms with Crippen LogP contribution in [-0.2, 0) is 6.54 Å². The Bertz CT molecular complexity index is 1380. The van der Waals surface area contributed by atoms with Gasteiger partial charge in [0.05, 0.1) is 12.2 Å². The zero-order valence-electron chi connectivity index (χ0n) is 19.5. The van der Waals surface area contributed by atoms with Crippen LogP contribution in [0, 0.1) is 5.92 Å².